The van der Waals surface area contributed by atoms with Gasteiger partial charge in [0.25, 0.3) is 0 Å². The van der Waals surface area contributed by atoms with E-state index in [0.29, 0.717) is 13.1 Å². The van der Waals surface area contributed by atoms with E-state index in [0.717, 1.165) is 18.5 Å². The Kier molecular flexibility index (Phi) is 4.18. The van der Waals surface area contributed by atoms with Crippen LogP contribution in [0.25, 0.3) is 0 Å². The van der Waals surface area contributed by atoms with Crippen LogP contribution in [0.1, 0.15) is 22.3 Å². The van der Waals surface area contributed by atoms with Crippen molar-refractivity contribution in [3.8, 4) is 0 Å². The normalized spacial score (nSPS) is 14.2. The van der Waals surface area contributed by atoms with Gasteiger partial charge in [0.1, 0.15) is 0 Å². The number of rotatable bonds is 3. The van der Waals surface area contributed by atoms with Gasteiger partial charge in [-0.25, -0.2) is 9.59 Å². The number of urea groups is 1. The number of benzene rings is 1. The number of nitrogens with one attached hydrogen (secondary N) is 1. The van der Waals surface area contributed by atoms with Crippen molar-refractivity contribution in [1.82, 2.24) is 10.2 Å². The molecule has 0 saturated heterocycles. The molecule has 2 amide bonds. The average molecular weight is 260 g/mol. The van der Waals surface area contributed by atoms with E-state index in [-0.39, 0.29) is 11.6 Å². The summed E-state index contributed by atoms with van der Waals surface area (Å²) in [5.74, 6) is -0.964. The predicted octanol–water partition coefficient (Wildman–Crippen LogP) is 1.86. The van der Waals surface area contributed by atoms with Gasteiger partial charge in [-0.15, -0.1) is 0 Å². The van der Waals surface area contributed by atoms with Crippen LogP contribution >= 0.6 is 0 Å². The first-order valence-corrected chi connectivity index (χ1v) is 6.17. The van der Waals surface area contributed by atoms with Gasteiger partial charge >= 0.3 is 12.0 Å². The molecule has 1 aliphatic heterocycles. The van der Waals surface area contributed by atoms with Crippen molar-refractivity contribution in [3.63, 3.8) is 0 Å². The lowest BCUT2D eigenvalue weighted by molar-refractivity contribution is 0.0696. The fourth-order valence-corrected chi connectivity index (χ4v) is 1.93. The maximum absolute atomic E-state index is 11.9. The maximum atomic E-state index is 11.9. The van der Waals surface area contributed by atoms with E-state index in [9.17, 15) is 9.59 Å². The first kappa shape index (κ1) is 13.1. The zero-order valence-electron chi connectivity index (χ0n) is 10.5. The molecule has 0 saturated carbocycles. The first-order valence-electron chi connectivity index (χ1n) is 6.17. The van der Waals surface area contributed by atoms with Gasteiger partial charge in [-0.1, -0.05) is 24.3 Å². The van der Waals surface area contributed by atoms with Crippen molar-refractivity contribution in [2.75, 3.05) is 13.1 Å². The maximum Gasteiger partial charge on any atom is 0.335 e. The fraction of sp³-hybridized carbons (Fsp3) is 0.286. The van der Waals surface area contributed by atoms with E-state index in [1.165, 1.54) is 6.07 Å². The molecule has 1 aromatic carbocycles. The second kappa shape index (κ2) is 6.04. The topological polar surface area (TPSA) is 69.6 Å². The summed E-state index contributed by atoms with van der Waals surface area (Å²) in [6.07, 6.45) is 4.90. The number of carbonyl (C=O) groups is 2. The molecule has 1 aromatic rings. The van der Waals surface area contributed by atoms with Gasteiger partial charge in [0.2, 0.25) is 0 Å². The third-order valence-corrected chi connectivity index (χ3v) is 2.96. The molecule has 0 radical (unpaired) electrons. The van der Waals surface area contributed by atoms with Gasteiger partial charge in [0.15, 0.2) is 0 Å². The van der Waals surface area contributed by atoms with Crippen LogP contribution < -0.4 is 5.32 Å². The number of nitrogens with zero attached hydrogens (tertiary/aromatic N) is 1. The molecule has 0 bridgehead atoms. The molecule has 19 heavy (non-hydrogen) atoms. The molecule has 5 nitrogen and oxygen atoms in total. The zero-order valence-corrected chi connectivity index (χ0v) is 10.5. The fourth-order valence-electron chi connectivity index (χ4n) is 1.93. The number of hydrogen-bond donors (Lipinski definition) is 2. The van der Waals surface area contributed by atoms with Crippen LogP contribution in [0.5, 0.6) is 0 Å². The lowest BCUT2D eigenvalue weighted by Crippen LogP contribution is -2.41. The van der Waals surface area contributed by atoms with E-state index >= 15 is 0 Å². The summed E-state index contributed by atoms with van der Waals surface area (Å²) >= 11 is 0. The van der Waals surface area contributed by atoms with Crippen molar-refractivity contribution in [2.45, 2.75) is 13.0 Å². The standard InChI is InChI=1S/C14H16N2O3/c17-13(18)12-6-4-5-11(9-12)10-15-14(19)16-7-2-1-3-8-16/h1-2,4-6,9H,3,7-8,10H2,(H,15,19)(H,17,18). The van der Waals surface area contributed by atoms with E-state index in [2.05, 4.69) is 11.4 Å². The molecule has 100 valence electrons. The van der Waals surface area contributed by atoms with Crippen molar-refractivity contribution in [2.24, 2.45) is 0 Å². The summed E-state index contributed by atoms with van der Waals surface area (Å²) in [5.41, 5.74) is 1.01. The largest absolute Gasteiger partial charge is 0.478 e. The van der Waals surface area contributed by atoms with Crippen LogP contribution in [0.4, 0.5) is 4.79 Å². The summed E-state index contributed by atoms with van der Waals surface area (Å²) in [7, 11) is 0. The molecule has 0 unspecified atom stereocenters. The molecule has 2 rings (SSSR count). The molecule has 2 N–H and O–H groups in total. The molecule has 0 aliphatic carbocycles. The summed E-state index contributed by atoms with van der Waals surface area (Å²) in [6.45, 7) is 1.68. The highest BCUT2D eigenvalue weighted by molar-refractivity contribution is 5.87. The van der Waals surface area contributed by atoms with Gasteiger partial charge in [-0.2, -0.15) is 0 Å². The first-order chi connectivity index (χ1) is 9.16. The van der Waals surface area contributed by atoms with Gasteiger partial charge in [-0.05, 0) is 24.1 Å². The lowest BCUT2D eigenvalue weighted by Gasteiger charge is -2.23. The Morgan fingerprint density at radius 3 is 2.84 bits per heavy atom. The Morgan fingerprint density at radius 2 is 2.16 bits per heavy atom. The van der Waals surface area contributed by atoms with E-state index in [4.69, 9.17) is 5.11 Å². The monoisotopic (exact) mass is 260 g/mol. The minimum Gasteiger partial charge on any atom is -0.478 e. The van der Waals surface area contributed by atoms with Crippen molar-refractivity contribution < 1.29 is 14.7 Å². The lowest BCUT2D eigenvalue weighted by atomic mass is 10.1. The number of carboxylic acid groups (broad SMARTS) is 1. The van der Waals surface area contributed by atoms with Crippen LogP contribution in [0.2, 0.25) is 0 Å². The SMILES string of the molecule is O=C(O)c1cccc(CNC(=O)N2CC=CCC2)c1. The van der Waals surface area contributed by atoms with Crippen molar-refractivity contribution in [1.29, 1.82) is 0 Å². The van der Waals surface area contributed by atoms with E-state index < -0.39 is 5.97 Å². The second-order valence-corrected chi connectivity index (χ2v) is 4.37. The third kappa shape index (κ3) is 3.58. The molecule has 1 heterocycles. The number of hydrogen-bond acceptors (Lipinski definition) is 2. The summed E-state index contributed by atoms with van der Waals surface area (Å²) < 4.78 is 0. The molecule has 0 aromatic heterocycles. The van der Waals surface area contributed by atoms with Gasteiger partial charge < -0.3 is 15.3 Å². The van der Waals surface area contributed by atoms with Crippen LogP contribution in [0.15, 0.2) is 36.4 Å². The van der Waals surface area contributed by atoms with Crippen LogP contribution in [0, 0.1) is 0 Å². The molecule has 0 fully saturated rings. The van der Waals surface area contributed by atoms with Gasteiger partial charge in [-0.3, -0.25) is 0 Å². The Hall–Kier alpha value is -2.30. The number of amides is 2. The zero-order chi connectivity index (χ0) is 13.7. The summed E-state index contributed by atoms with van der Waals surface area (Å²) in [5, 5.41) is 11.7. The molecular formula is C14H16N2O3. The minimum atomic E-state index is -0.964. The number of aromatic carboxylic acids is 1. The molecule has 1 aliphatic rings. The molecule has 0 atom stereocenters. The van der Waals surface area contributed by atoms with Crippen LogP contribution in [-0.4, -0.2) is 35.1 Å². The van der Waals surface area contributed by atoms with E-state index in [1.807, 2.05) is 6.08 Å². The number of carboxylic acids is 1. The predicted molar refractivity (Wildman–Crippen MR) is 71.0 cm³/mol. The number of carbonyl (C=O) groups excluding carboxylic acids is 1. The average Bonchev–Trinajstić information content (AvgIpc) is 2.46. The van der Waals surface area contributed by atoms with Crippen molar-refractivity contribution >= 4 is 12.0 Å². The second-order valence-electron chi connectivity index (χ2n) is 4.37. The third-order valence-electron chi connectivity index (χ3n) is 2.96. The highest BCUT2D eigenvalue weighted by Crippen LogP contribution is 2.06. The van der Waals surface area contributed by atoms with Crippen molar-refractivity contribution in [3.05, 3.63) is 47.5 Å². The Labute approximate surface area is 111 Å². The van der Waals surface area contributed by atoms with Crippen LogP contribution in [-0.2, 0) is 6.54 Å². The Bertz CT molecular complexity index is 511. The summed E-state index contributed by atoms with van der Waals surface area (Å²) in [6, 6.07) is 6.45. The van der Waals surface area contributed by atoms with Gasteiger partial charge in [0, 0.05) is 19.6 Å². The minimum absolute atomic E-state index is 0.120. The summed E-state index contributed by atoms with van der Waals surface area (Å²) in [4.78, 5) is 24.4. The highest BCUT2D eigenvalue weighted by atomic mass is 16.4. The van der Waals surface area contributed by atoms with Gasteiger partial charge in [0.05, 0.1) is 5.56 Å². The molecular weight excluding hydrogens is 244 g/mol. The Balaban J connectivity index is 1.91. The highest BCUT2D eigenvalue weighted by Gasteiger charge is 2.13. The van der Waals surface area contributed by atoms with E-state index in [1.54, 1.807) is 23.1 Å². The smallest absolute Gasteiger partial charge is 0.335 e. The Morgan fingerprint density at radius 1 is 1.32 bits per heavy atom. The quantitative estimate of drug-likeness (QED) is 0.815. The molecule has 5 heteroatoms. The molecule has 0 spiro atoms. The van der Waals surface area contributed by atoms with Crippen LogP contribution in [0.3, 0.4) is 0 Å².